The fourth-order valence-corrected chi connectivity index (χ4v) is 3.74. The largest absolute Gasteiger partial charge is 0.494 e. The molecule has 2 aromatic carbocycles. The van der Waals surface area contributed by atoms with E-state index in [1.54, 1.807) is 48.5 Å². The molecule has 0 spiro atoms. The van der Waals surface area contributed by atoms with Crippen molar-refractivity contribution < 1.29 is 17.9 Å². The van der Waals surface area contributed by atoms with Crippen molar-refractivity contribution in [1.29, 1.82) is 0 Å². The van der Waals surface area contributed by atoms with Gasteiger partial charge in [-0.2, -0.15) is 0 Å². The van der Waals surface area contributed by atoms with Gasteiger partial charge < -0.3 is 20.9 Å². The van der Waals surface area contributed by atoms with E-state index in [0.717, 1.165) is 18.4 Å². The Hall–Kier alpha value is -3.00. The first-order chi connectivity index (χ1) is 14.3. The number of benzene rings is 2. The summed E-state index contributed by atoms with van der Waals surface area (Å²) >= 11 is 0. The highest BCUT2D eigenvalue weighted by atomic mass is 32.2. The number of sulfone groups is 1. The molecule has 0 amide bonds. The molecule has 0 aliphatic rings. The Morgan fingerprint density at radius 2 is 1.43 bits per heavy atom. The summed E-state index contributed by atoms with van der Waals surface area (Å²) in [4.78, 5) is 4.33. The maximum absolute atomic E-state index is 12.8. The Morgan fingerprint density at radius 3 is 1.93 bits per heavy atom. The van der Waals surface area contributed by atoms with Gasteiger partial charge in [-0.1, -0.05) is 5.57 Å². The van der Waals surface area contributed by atoms with E-state index in [1.165, 1.54) is 0 Å². The van der Waals surface area contributed by atoms with E-state index in [-0.39, 0.29) is 15.8 Å². The number of unbranched alkanes of at least 4 members (excludes halogenated alkanes) is 1. The summed E-state index contributed by atoms with van der Waals surface area (Å²) in [6, 6.07) is 12.8. The Morgan fingerprint density at radius 1 is 0.900 bits per heavy atom. The van der Waals surface area contributed by atoms with Gasteiger partial charge in [0.2, 0.25) is 9.84 Å². The minimum atomic E-state index is -3.61. The van der Waals surface area contributed by atoms with Crippen LogP contribution in [0.3, 0.4) is 0 Å². The summed E-state index contributed by atoms with van der Waals surface area (Å²) < 4.78 is 36.8. The monoisotopic (exact) mass is 431 g/mol. The van der Waals surface area contributed by atoms with Crippen LogP contribution in [0.25, 0.3) is 0 Å². The van der Waals surface area contributed by atoms with Gasteiger partial charge in [0.15, 0.2) is 5.96 Å². The maximum Gasteiger partial charge on any atom is 0.206 e. The Kier molecular flexibility index (Phi) is 8.73. The van der Waals surface area contributed by atoms with Crippen LogP contribution < -0.4 is 20.9 Å². The number of allylic oxidation sites excluding steroid dienone is 1. The Balaban J connectivity index is 1.93. The highest BCUT2D eigenvalue weighted by Gasteiger charge is 2.17. The van der Waals surface area contributed by atoms with Gasteiger partial charge in [-0.05, 0) is 81.3 Å². The van der Waals surface area contributed by atoms with E-state index >= 15 is 0 Å². The molecule has 8 heteroatoms. The number of aliphatic imine (C=N–C) groups is 1. The van der Waals surface area contributed by atoms with Gasteiger partial charge in [-0.25, -0.2) is 8.42 Å². The molecule has 2 aromatic rings. The Labute approximate surface area is 178 Å². The second kappa shape index (κ2) is 11.3. The lowest BCUT2D eigenvalue weighted by Crippen LogP contribution is -2.23. The molecule has 0 unspecified atom stereocenters. The van der Waals surface area contributed by atoms with Crippen LogP contribution in [0, 0.1) is 0 Å². The fourth-order valence-electron chi connectivity index (χ4n) is 2.48. The number of guanidine groups is 1. The molecule has 0 aromatic heterocycles. The van der Waals surface area contributed by atoms with Crippen LogP contribution in [0.2, 0.25) is 0 Å². The van der Waals surface area contributed by atoms with Crippen LogP contribution in [-0.2, 0) is 9.84 Å². The first kappa shape index (κ1) is 23.3. The van der Waals surface area contributed by atoms with E-state index in [9.17, 15) is 8.42 Å². The van der Waals surface area contributed by atoms with E-state index in [4.69, 9.17) is 20.9 Å². The third kappa shape index (κ3) is 7.44. The molecule has 0 radical (unpaired) electrons. The van der Waals surface area contributed by atoms with E-state index in [1.807, 2.05) is 19.9 Å². The lowest BCUT2D eigenvalue weighted by molar-refractivity contribution is 0.307. The molecule has 2 rings (SSSR count). The lowest BCUT2D eigenvalue weighted by atomic mass is 10.3. The number of ether oxygens (including phenoxy) is 2. The highest BCUT2D eigenvalue weighted by molar-refractivity contribution is 7.91. The van der Waals surface area contributed by atoms with Crippen molar-refractivity contribution in [2.75, 3.05) is 19.8 Å². The van der Waals surface area contributed by atoms with E-state index < -0.39 is 9.84 Å². The molecular formula is C22H29N3O4S. The fraction of sp³-hybridized carbons (Fsp3) is 0.318. The van der Waals surface area contributed by atoms with Crippen LogP contribution in [0.5, 0.6) is 11.5 Å². The van der Waals surface area contributed by atoms with Crippen LogP contribution in [0.15, 0.2) is 75.0 Å². The first-order valence-corrected chi connectivity index (χ1v) is 11.2. The van der Waals surface area contributed by atoms with Crippen molar-refractivity contribution in [3.05, 3.63) is 60.2 Å². The average molecular weight is 432 g/mol. The van der Waals surface area contributed by atoms with Crippen LogP contribution >= 0.6 is 0 Å². The summed E-state index contributed by atoms with van der Waals surface area (Å²) in [6.45, 7) is 5.49. The molecule has 0 saturated carbocycles. The summed E-state index contributed by atoms with van der Waals surface area (Å²) in [7, 11) is -3.61. The van der Waals surface area contributed by atoms with Gasteiger partial charge >= 0.3 is 0 Å². The van der Waals surface area contributed by atoms with Crippen molar-refractivity contribution in [3.8, 4) is 11.5 Å². The van der Waals surface area contributed by atoms with Gasteiger partial charge in [0.05, 0.1) is 16.4 Å². The van der Waals surface area contributed by atoms with Crippen LogP contribution in [-0.4, -0.2) is 34.1 Å². The zero-order chi connectivity index (χ0) is 22.0. The number of hydrogen-bond donors (Lipinski definition) is 2. The van der Waals surface area contributed by atoms with Gasteiger partial charge in [0.1, 0.15) is 18.1 Å². The quantitative estimate of drug-likeness (QED) is 0.244. The second-order valence-electron chi connectivity index (χ2n) is 6.90. The van der Waals surface area contributed by atoms with E-state index in [2.05, 4.69) is 4.99 Å². The molecule has 0 saturated heterocycles. The molecule has 0 bridgehead atoms. The molecule has 162 valence electrons. The van der Waals surface area contributed by atoms with Crippen molar-refractivity contribution >= 4 is 15.8 Å². The number of nitrogens with zero attached hydrogens (tertiary/aromatic N) is 1. The van der Waals surface area contributed by atoms with Gasteiger partial charge in [0.25, 0.3) is 0 Å². The van der Waals surface area contributed by atoms with Crippen LogP contribution in [0.1, 0.15) is 26.7 Å². The summed E-state index contributed by atoms with van der Waals surface area (Å²) in [6.07, 6.45) is 3.55. The molecule has 0 heterocycles. The lowest BCUT2D eigenvalue weighted by Gasteiger charge is -2.09. The summed E-state index contributed by atoms with van der Waals surface area (Å²) in [5.74, 6) is 1.31. The third-order valence-electron chi connectivity index (χ3n) is 4.13. The standard InChI is InChI=1S/C22H29N3O4S/c1-17(2)13-16-29-19-7-11-21(12-8-19)30(26,27)20-9-5-18(6-10-20)28-15-4-3-14-25-22(23)24/h5-13H,3-4,14-16H2,1-2H3,(H4,23,24,25). The molecule has 0 fully saturated rings. The minimum Gasteiger partial charge on any atom is -0.494 e. The van der Waals surface area contributed by atoms with Gasteiger partial charge in [-0.15, -0.1) is 0 Å². The number of rotatable bonds is 11. The summed E-state index contributed by atoms with van der Waals surface area (Å²) in [5, 5.41) is 0. The third-order valence-corrected chi connectivity index (χ3v) is 5.91. The SMILES string of the molecule is CC(C)=CCOc1ccc(S(=O)(=O)c2ccc(OCCCCN=C(N)N)cc2)cc1. The number of hydrogen-bond acceptors (Lipinski definition) is 5. The predicted molar refractivity (Wildman–Crippen MR) is 119 cm³/mol. The molecule has 0 aliphatic heterocycles. The van der Waals surface area contributed by atoms with Gasteiger partial charge in [0, 0.05) is 6.54 Å². The van der Waals surface area contributed by atoms with Crippen molar-refractivity contribution in [1.82, 2.24) is 0 Å². The smallest absolute Gasteiger partial charge is 0.206 e. The normalized spacial score (nSPS) is 10.9. The molecule has 0 atom stereocenters. The summed E-state index contributed by atoms with van der Waals surface area (Å²) in [5.41, 5.74) is 11.7. The first-order valence-electron chi connectivity index (χ1n) is 9.68. The zero-order valence-corrected chi connectivity index (χ0v) is 18.2. The molecular weight excluding hydrogens is 402 g/mol. The average Bonchev–Trinajstić information content (AvgIpc) is 2.71. The molecule has 30 heavy (non-hydrogen) atoms. The number of nitrogens with two attached hydrogens (primary N) is 2. The van der Waals surface area contributed by atoms with E-state index in [0.29, 0.717) is 31.3 Å². The van der Waals surface area contributed by atoms with Crippen molar-refractivity contribution in [3.63, 3.8) is 0 Å². The molecule has 0 aliphatic carbocycles. The Bertz CT molecular complexity index is 958. The molecule has 7 nitrogen and oxygen atoms in total. The minimum absolute atomic E-state index is 0.0820. The van der Waals surface area contributed by atoms with Crippen molar-refractivity contribution in [2.24, 2.45) is 16.5 Å². The topological polar surface area (TPSA) is 117 Å². The molecule has 4 N–H and O–H groups in total. The van der Waals surface area contributed by atoms with Crippen molar-refractivity contribution in [2.45, 2.75) is 36.5 Å². The second-order valence-corrected chi connectivity index (χ2v) is 8.85. The van der Waals surface area contributed by atoms with Crippen LogP contribution in [0.4, 0.5) is 0 Å². The predicted octanol–water partition coefficient (Wildman–Crippen LogP) is 3.30. The zero-order valence-electron chi connectivity index (χ0n) is 17.4. The maximum atomic E-state index is 12.8. The highest BCUT2D eigenvalue weighted by Crippen LogP contribution is 2.25. The van der Waals surface area contributed by atoms with Gasteiger partial charge in [-0.3, -0.25) is 4.99 Å².